The van der Waals surface area contributed by atoms with Crippen molar-refractivity contribution in [3.05, 3.63) is 29.0 Å². The fourth-order valence-electron chi connectivity index (χ4n) is 8.57. The molecule has 9 rings (SSSR count). The van der Waals surface area contributed by atoms with Crippen LogP contribution in [0.15, 0.2) is 10.5 Å². The molecule has 5 fully saturated rings. The summed E-state index contributed by atoms with van der Waals surface area (Å²) < 4.78 is 63.2. The number of halogens is 3. The number of anilines is 3. The molecule has 4 atom stereocenters. The third-order valence-electron chi connectivity index (χ3n) is 10.9. The number of nitrogens with two attached hydrogens (primary N) is 2. The van der Waals surface area contributed by atoms with E-state index in [9.17, 15) is 9.65 Å². The second-order valence-electron chi connectivity index (χ2n) is 13.8. The van der Waals surface area contributed by atoms with Crippen LogP contribution in [0.4, 0.5) is 30.6 Å². The molecule has 8 heterocycles. The Labute approximate surface area is 273 Å². The molecule has 5 aliphatic rings. The summed E-state index contributed by atoms with van der Waals surface area (Å²) in [5.74, 6) is -2.46. The van der Waals surface area contributed by atoms with E-state index in [1.165, 1.54) is 0 Å². The van der Waals surface area contributed by atoms with Gasteiger partial charge in [-0.15, -0.1) is 0 Å². The molecule has 2 unspecified atom stereocenters. The Bertz CT molecular complexity index is 2020. The van der Waals surface area contributed by atoms with Crippen molar-refractivity contribution in [3.63, 3.8) is 0 Å². The molecule has 15 heteroatoms. The average molecular weight is 662 g/mol. The zero-order valence-corrected chi connectivity index (χ0v) is 26.1. The van der Waals surface area contributed by atoms with Gasteiger partial charge in [0.15, 0.2) is 17.5 Å². The lowest BCUT2D eigenvalue weighted by Gasteiger charge is -2.35. The average Bonchev–Trinajstić information content (AvgIpc) is 3.76. The lowest BCUT2D eigenvalue weighted by atomic mass is 9.89. The summed E-state index contributed by atoms with van der Waals surface area (Å²) >= 11 is 0. The maximum atomic E-state index is 16.1. The Hall–Kier alpha value is -4.39. The normalized spacial score (nSPS) is 27.1. The number of hydrogen-bond acceptors (Lipinski definition) is 12. The molecule has 5 aliphatic heterocycles. The maximum Gasteiger partial charge on any atom is 0.319 e. The molecule has 2 bridgehead atoms. The van der Waals surface area contributed by atoms with Crippen LogP contribution in [0.1, 0.15) is 49.3 Å². The number of alkyl halides is 1. The lowest BCUT2D eigenvalue weighted by Crippen LogP contribution is -2.51. The minimum atomic E-state index is -1.22. The zero-order valence-electron chi connectivity index (χ0n) is 26.1. The van der Waals surface area contributed by atoms with Crippen molar-refractivity contribution in [1.29, 1.82) is 5.26 Å². The summed E-state index contributed by atoms with van der Waals surface area (Å²) in [5, 5.41) is 13.6. The number of furan rings is 1. The standard InChI is InChI=1S/C33H34F3N9O3/c34-16-7-33(4-1-5-45(33)9-16)14-47-32-42-28-26(38)24(23-22-19(8-37)30(39)48-21(22)6-20(35)25(23)36)27(15-12-46-13-15)41-29(28)31(43-32)44-10-17-2-3-18(11-44)40-17/h6,15-18,40H,1-5,7,9-14,39H2,(H2,38,41)/t16-,17?,18?,33+/m1/s1. The van der Waals surface area contributed by atoms with Gasteiger partial charge in [0.05, 0.1) is 35.5 Å². The number of nitrogens with one attached hydrogen (secondary N) is 1. The van der Waals surface area contributed by atoms with Gasteiger partial charge in [-0.2, -0.15) is 15.2 Å². The molecule has 250 valence electrons. The van der Waals surface area contributed by atoms with Crippen molar-refractivity contribution >= 4 is 39.4 Å². The van der Waals surface area contributed by atoms with Crippen LogP contribution in [-0.2, 0) is 4.74 Å². The van der Waals surface area contributed by atoms with E-state index in [4.69, 9.17) is 40.3 Å². The van der Waals surface area contributed by atoms with Crippen LogP contribution in [0, 0.1) is 23.0 Å². The van der Waals surface area contributed by atoms with Gasteiger partial charge in [0.25, 0.3) is 0 Å². The Morgan fingerprint density at radius 3 is 2.60 bits per heavy atom. The quantitative estimate of drug-likeness (QED) is 0.275. The molecule has 4 aromatic rings. The number of nitrogens with zero attached hydrogens (tertiary/aromatic N) is 6. The highest BCUT2D eigenvalue weighted by molar-refractivity contribution is 6.08. The summed E-state index contributed by atoms with van der Waals surface area (Å²) in [6, 6.07) is 3.41. The molecule has 1 aromatic carbocycles. The molecule has 48 heavy (non-hydrogen) atoms. The van der Waals surface area contributed by atoms with Gasteiger partial charge in [-0.1, -0.05) is 0 Å². The molecule has 0 amide bonds. The van der Waals surface area contributed by atoms with Crippen LogP contribution < -0.4 is 26.4 Å². The lowest BCUT2D eigenvalue weighted by molar-refractivity contribution is 0.00709. The molecule has 5 saturated heterocycles. The van der Waals surface area contributed by atoms with E-state index < -0.39 is 23.3 Å². The largest absolute Gasteiger partial charge is 0.461 e. The van der Waals surface area contributed by atoms with Crippen molar-refractivity contribution in [3.8, 4) is 23.2 Å². The number of nitriles is 1. The Morgan fingerprint density at radius 1 is 1.08 bits per heavy atom. The van der Waals surface area contributed by atoms with Gasteiger partial charge in [0.1, 0.15) is 41.0 Å². The zero-order chi connectivity index (χ0) is 32.9. The third kappa shape index (κ3) is 4.42. The molecule has 0 radical (unpaired) electrons. The number of rotatable bonds is 6. The highest BCUT2D eigenvalue weighted by Crippen LogP contribution is 2.47. The van der Waals surface area contributed by atoms with Crippen LogP contribution in [-0.4, -0.2) is 89.6 Å². The summed E-state index contributed by atoms with van der Waals surface area (Å²) in [6.45, 7) is 3.30. The number of ether oxygens (including phenoxy) is 2. The van der Waals surface area contributed by atoms with Gasteiger partial charge in [-0.25, -0.2) is 18.2 Å². The van der Waals surface area contributed by atoms with Crippen LogP contribution >= 0.6 is 0 Å². The first-order valence-electron chi connectivity index (χ1n) is 16.4. The van der Waals surface area contributed by atoms with E-state index in [2.05, 4.69) is 15.1 Å². The molecule has 0 aliphatic carbocycles. The molecule has 12 nitrogen and oxygen atoms in total. The number of fused-ring (bicyclic) bond motifs is 5. The van der Waals surface area contributed by atoms with Crippen molar-refractivity contribution in [1.82, 2.24) is 25.2 Å². The van der Waals surface area contributed by atoms with Crippen molar-refractivity contribution < 1.29 is 27.1 Å². The minimum absolute atomic E-state index is 0.00453. The SMILES string of the molecule is N#Cc1c(N)oc2cc(F)c(F)c(-c3c(C4COC4)nc4c(N5CC6CCC(C5)N6)nc(OC[C@@]56CCCN5C[C@H](F)C6)nc4c3N)c12. The molecule has 0 saturated carbocycles. The van der Waals surface area contributed by atoms with Crippen LogP contribution in [0.5, 0.6) is 6.01 Å². The second kappa shape index (κ2) is 10.8. The maximum absolute atomic E-state index is 16.1. The first-order valence-corrected chi connectivity index (χ1v) is 16.4. The van der Waals surface area contributed by atoms with Gasteiger partial charge in [0.2, 0.25) is 5.88 Å². The van der Waals surface area contributed by atoms with Crippen molar-refractivity contribution in [2.24, 2.45) is 0 Å². The number of aromatic nitrogens is 3. The topological polar surface area (TPSA) is 165 Å². The van der Waals surface area contributed by atoms with E-state index in [0.717, 1.165) is 38.3 Å². The van der Waals surface area contributed by atoms with E-state index in [0.29, 0.717) is 43.1 Å². The van der Waals surface area contributed by atoms with Gasteiger partial charge >= 0.3 is 6.01 Å². The molecule has 3 aromatic heterocycles. The third-order valence-corrected chi connectivity index (χ3v) is 10.9. The van der Waals surface area contributed by atoms with Crippen LogP contribution in [0.25, 0.3) is 33.1 Å². The summed E-state index contributed by atoms with van der Waals surface area (Å²) in [7, 11) is 0. The smallest absolute Gasteiger partial charge is 0.319 e. The number of pyridine rings is 1. The van der Waals surface area contributed by atoms with Crippen LogP contribution in [0.2, 0.25) is 0 Å². The highest BCUT2D eigenvalue weighted by atomic mass is 19.2. The minimum Gasteiger partial charge on any atom is -0.461 e. The molecule has 0 spiro atoms. The number of hydrogen-bond donors (Lipinski definition) is 3. The van der Waals surface area contributed by atoms with Crippen molar-refractivity contribution in [2.75, 3.05) is 62.4 Å². The van der Waals surface area contributed by atoms with E-state index in [1.54, 1.807) is 0 Å². The predicted octanol–water partition coefficient (Wildman–Crippen LogP) is 3.76. The number of benzene rings is 1. The van der Waals surface area contributed by atoms with Gasteiger partial charge in [-0.05, 0) is 32.2 Å². The Kier molecular flexibility index (Phi) is 6.69. The van der Waals surface area contributed by atoms with Crippen LogP contribution in [0.3, 0.4) is 0 Å². The Balaban J connectivity index is 1.26. The monoisotopic (exact) mass is 661 g/mol. The van der Waals surface area contributed by atoms with E-state index in [1.807, 2.05) is 6.07 Å². The van der Waals surface area contributed by atoms with Crippen molar-refractivity contribution in [2.45, 2.75) is 61.8 Å². The fourth-order valence-corrected chi connectivity index (χ4v) is 8.57. The van der Waals surface area contributed by atoms with E-state index >= 15 is 8.78 Å². The van der Waals surface area contributed by atoms with Gasteiger partial charge < -0.3 is 35.6 Å². The number of piperazine rings is 1. The van der Waals surface area contributed by atoms with Gasteiger partial charge in [0, 0.05) is 61.2 Å². The fraction of sp³-hybridized carbons (Fsp3) is 0.515. The molecular weight excluding hydrogens is 627 g/mol. The predicted molar refractivity (Wildman–Crippen MR) is 170 cm³/mol. The van der Waals surface area contributed by atoms with E-state index in [-0.39, 0.29) is 88.6 Å². The number of nitrogen functional groups attached to an aromatic ring is 2. The van der Waals surface area contributed by atoms with Gasteiger partial charge in [-0.3, -0.25) is 4.90 Å². The Morgan fingerprint density at radius 2 is 1.88 bits per heavy atom. The second-order valence-corrected chi connectivity index (χ2v) is 13.8. The summed E-state index contributed by atoms with van der Waals surface area (Å²) in [4.78, 5) is 19.0. The first-order chi connectivity index (χ1) is 23.2. The molecular formula is C33H34F3N9O3. The first kappa shape index (κ1) is 29.7. The summed E-state index contributed by atoms with van der Waals surface area (Å²) in [5.41, 5.74) is 13.1. The summed E-state index contributed by atoms with van der Waals surface area (Å²) in [6.07, 6.45) is 3.27. The highest BCUT2D eigenvalue weighted by Gasteiger charge is 2.49. The molecule has 5 N–H and O–H groups in total.